The fourth-order valence-electron chi connectivity index (χ4n) is 3.37. The van der Waals surface area contributed by atoms with Crippen molar-refractivity contribution < 1.29 is 18.0 Å². The number of benzene rings is 2. The smallest absolute Gasteiger partial charge is 0.267 e. The highest BCUT2D eigenvalue weighted by atomic mass is 32.2. The molecular formula is C24H27N5O5S. The average molecular weight is 498 g/mol. The maximum absolute atomic E-state index is 12.9. The second-order valence-corrected chi connectivity index (χ2v) is 9.47. The van der Waals surface area contributed by atoms with Gasteiger partial charge in [0.2, 0.25) is 10.0 Å². The fourth-order valence-corrected chi connectivity index (χ4v) is 4.41. The van der Waals surface area contributed by atoms with Gasteiger partial charge in [0.15, 0.2) is 5.69 Å². The van der Waals surface area contributed by atoms with Crippen molar-refractivity contribution >= 4 is 32.6 Å². The van der Waals surface area contributed by atoms with E-state index in [9.17, 15) is 22.8 Å². The molecule has 3 rings (SSSR count). The van der Waals surface area contributed by atoms with E-state index < -0.39 is 21.8 Å². The van der Waals surface area contributed by atoms with Crippen molar-refractivity contribution in [1.82, 2.24) is 25.4 Å². The molecule has 35 heavy (non-hydrogen) atoms. The number of carbonyl (C=O) groups is 2. The Morgan fingerprint density at radius 2 is 1.74 bits per heavy atom. The molecule has 0 saturated heterocycles. The lowest BCUT2D eigenvalue weighted by Gasteiger charge is -2.12. The zero-order valence-electron chi connectivity index (χ0n) is 19.3. The van der Waals surface area contributed by atoms with Crippen LogP contribution < -0.4 is 21.1 Å². The van der Waals surface area contributed by atoms with Crippen LogP contribution in [0.1, 0.15) is 47.0 Å². The van der Waals surface area contributed by atoms with Gasteiger partial charge in [-0.3, -0.25) is 25.2 Å². The van der Waals surface area contributed by atoms with Gasteiger partial charge >= 0.3 is 0 Å². The fraction of sp³-hybridized carbons (Fsp3) is 0.250. The molecule has 0 aliphatic carbocycles. The lowest BCUT2D eigenvalue weighted by molar-refractivity contribution is 0.0843. The minimum Gasteiger partial charge on any atom is -0.267 e. The molecule has 0 fully saturated rings. The predicted octanol–water partition coefficient (Wildman–Crippen LogP) is 2.13. The number of aryl methyl sites for hydroxylation is 1. The molecule has 3 N–H and O–H groups in total. The first-order valence-corrected chi connectivity index (χ1v) is 12.6. The third kappa shape index (κ3) is 6.19. The zero-order chi connectivity index (χ0) is 25.4. The van der Waals surface area contributed by atoms with Crippen LogP contribution in [-0.2, 0) is 16.6 Å². The third-order valence-electron chi connectivity index (χ3n) is 5.17. The molecule has 0 radical (unpaired) electrons. The first-order valence-electron chi connectivity index (χ1n) is 11.1. The second-order valence-electron chi connectivity index (χ2n) is 7.71. The van der Waals surface area contributed by atoms with Crippen molar-refractivity contribution in [2.45, 2.75) is 37.6 Å². The Hall–Kier alpha value is -3.83. The summed E-state index contributed by atoms with van der Waals surface area (Å²) in [6.07, 6.45) is 4.01. The van der Waals surface area contributed by atoms with E-state index in [1.165, 1.54) is 35.0 Å². The van der Waals surface area contributed by atoms with Crippen LogP contribution in [0.2, 0.25) is 0 Å². The van der Waals surface area contributed by atoms with Gasteiger partial charge in [-0.1, -0.05) is 50.1 Å². The molecule has 3 aromatic rings. The number of unbranched alkanes of at least 4 members (excludes halogenated alkanes) is 2. The molecule has 10 nitrogen and oxygen atoms in total. The van der Waals surface area contributed by atoms with Crippen molar-refractivity contribution in [3.63, 3.8) is 0 Å². The van der Waals surface area contributed by atoms with Crippen LogP contribution in [-0.4, -0.2) is 36.6 Å². The SMILES string of the molecule is C=CCNS(=O)(=O)c1cccc(C(=O)NNC(=O)c2nn(CCCCC)c(=O)c3ccccc23)c1. The van der Waals surface area contributed by atoms with Gasteiger partial charge in [-0.2, -0.15) is 5.10 Å². The van der Waals surface area contributed by atoms with Crippen molar-refractivity contribution in [2.24, 2.45) is 0 Å². The van der Waals surface area contributed by atoms with E-state index in [-0.39, 0.29) is 28.3 Å². The highest BCUT2D eigenvalue weighted by molar-refractivity contribution is 7.89. The van der Waals surface area contributed by atoms with Crippen molar-refractivity contribution in [1.29, 1.82) is 0 Å². The van der Waals surface area contributed by atoms with Gasteiger partial charge < -0.3 is 0 Å². The van der Waals surface area contributed by atoms with Crippen LogP contribution in [0, 0.1) is 0 Å². The summed E-state index contributed by atoms with van der Waals surface area (Å²) < 4.78 is 28.2. The Kier molecular flexibility index (Phi) is 8.50. The summed E-state index contributed by atoms with van der Waals surface area (Å²) in [5.41, 5.74) is 4.29. The molecule has 2 aromatic carbocycles. The highest BCUT2D eigenvalue weighted by Gasteiger charge is 2.19. The number of sulfonamides is 1. The summed E-state index contributed by atoms with van der Waals surface area (Å²) in [4.78, 5) is 38.2. The number of aromatic nitrogens is 2. The van der Waals surface area contributed by atoms with Gasteiger partial charge in [-0.25, -0.2) is 17.8 Å². The van der Waals surface area contributed by atoms with E-state index in [1.807, 2.05) is 6.92 Å². The first kappa shape index (κ1) is 25.8. The Labute approximate surface area is 203 Å². The van der Waals surface area contributed by atoms with E-state index >= 15 is 0 Å². The molecule has 184 valence electrons. The topological polar surface area (TPSA) is 139 Å². The van der Waals surface area contributed by atoms with Gasteiger partial charge in [0.05, 0.1) is 10.3 Å². The maximum atomic E-state index is 12.9. The van der Waals surface area contributed by atoms with Crippen LogP contribution in [0.5, 0.6) is 0 Å². The predicted molar refractivity (Wildman–Crippen MR) is 132 cm³/mol. The second kappa shape index (κ2) is 11.5. The number of hydrogen-bond donors (Lipinski definition) is 3. The molecule has 0 aliphatic rings. The standard InChI is InChI=1S/C24H27N5O5S/c1-3-5-8-15-29-24(32)20-13-7-6-12-19(20)21(28-29)23(31)27-26-22(30)17-10-9-11-18(16-17)35(33,34)25-14-4-2/h4,6-7,9-13,16,25H,2-3,5,8,14-15H2,1H3,(H,26,30)(H,27,31). The normalized spacial score (nSPS) is 11.2. The monoisotopic (exact) mass is 497 g/mol. The van der Waals surface area contributed by atoms with E-state index in [2.05, 4.69) is 27.3 Å². The van der Waals surface area contributed by atoms with Crippen molar-refractivity contribution in [3.05, 3.63) is 82.8 Å². The summed E-state index contributed by atoms with van der Waals surface area (Å²) in [6, 6.07) is 12.0. The van der Waals surface area contributed by atoms with Crippen LogP contribution in [0.4, 0.5) is 0 Å². The molecular weight excluding hydrogens is 470 g/mol. The first-order chi connectivity index (χ1) is 16.8. The summed E-state index contributed by atoms with van der Waals surface area (Å²) in [5, 5.41) is 4.95. The van der Waals surface area contributed by atoms with Crippen LogP contribution >= 0.6 is 0 Å². The summed E-state index contributed by atoms with van der Waals surface area (Å²) in [5.74, 6) is -1.44. The molecule has 0 spiro atoms. The van der Waals surface area contributed by atoms with Gasteiger partial charge in [0.25, 0.3) is 17.4 Å². The number of nitrogens with one attached hydrogen (secondary N) is 3. The van der Waals surface area contributed by atoms with Crippen LogP contribution in [0.3, 0.4) is 0 Å². The largest absolute Gasteiger partial charge is 0.290 e. The Morgan fingerprint density at radius 3 is 2.46 bits per heavy atom. The minimum atomic E-state index is -3.83. The summed E-state index contributed by atoms with van der Waals surface area (Å²) in [6.45, 7) is 5.91. The Bertz CT molecular complexity index is 1420. The number of hydrogen-bond acceptors (Lipinski definition) is 6. The molecule has 1 aromatic heterocycles. The Morgan fingerprint density at radius 1 is 1.03 bits per heavy atom. The number of carbonyl (C=O) groups excluding carboxylic acids is 2. The van der Waals surface area contributed by atoms with Crippen LogP contribution in [0.15, 0.2) is 70.9 Å². The average Bonchev–Trinajstić information content (AvgIpc) is 2.87. The highest BCUT2D eigenvalue weighted by Crippen LogP contribution is 2.14. The molecule has 11 heteroatoms. The van der Waals surface area contributed by atoms with Crippen molar-refractivity contribution in [2.75, 3.05) is 6.54 Å². The number of nitrogens with zero attached hydrogens (tertiary/aromatic N) is 2. The number of hydrazine groups is 1. The minimum absolute atomic E-state index is 0.0121. The van der Waals surface area contributed by atoms with Gasteiger partial charge in [-0.15, -0.1) is 6.58 Å². The molecule has 0 unspecified atom stereocenters. The zero-order valence-corrected chi connectivity index (χ0v) is 20.1. The number of rotatable bonds is 10. The maximum Gasteiger partial charge on any atom is 0.290 e. The van der Waals surface area contributed by atoms with Gasteiger partial charge in [-0.05, 0) is 30.7 Å². The molecule has 0 saturated carbocycles. The molecule has 0 bridgehead atoms. The van der Waals surface area contributed by atoms with E-state index in [1.54, 1.807) is 24.3 Å². The summed E-state index contributed by atoms with van der Waals surface area (Å²) in [7, 11) is -3.83. The van der Waals surface area contributed by atoms with E-state index in [4.69, 9.17) is 0 Å². The number of amides is 2. The van der Waals surface area contributed by atoms with Gasteiger partial charge in [0.1, 0.15) is 0 Å². The number of fused-ring (bicyclic) bond motifs is 1. The quantitative estimate of drug-likeness (QED) is 0.223. The van der Waals surface area contributed by atoms with E-state index in [0.717, 1.165) is 19.3 Å². The van der Waals surface area contributed by atoms with Crippen molar-refractivity contribution in [3.8, 4) is 0 Å². The molecule has 1 heterocycles. The summed E-state index contributed by atoms with van der Waals surface area (Å²) >= 11 is 0. The molecule has 0 aliphatic heterocycles. The van der Waals surface area contributed by atoms with Crippen LogP contribution in [0.25, 0.3) is 10.8 Å². The third-order valence-corrected chi connectivity index (χ3v) is 6.59. The lowest BCUT2D eigenvalue weighted by atomic mass is 10.1. The molecule has 2 amide bonds. The molecule has 0 atom stereocenters. The van der Waals surface area contributed by atoms with Gasteiger partial charge in [0, 0.05) is 24.0 Å². The Balaban J connectivity index is 1.81. The van der Waals surface area contributed by atoms with E-state index in [0.29, 0.717) is 17.3 Å². The lowest BCUT2D eigenvalue weighted by Crippen LogP contribution is -2.43.